The molecule has 0 saturated carbocycles. The van der Waals surface area contributed by atoms with Gasteiger partial charge in [0.2, 0.25) is 0 Å². The Morgan fingerprint density at radius 3 is 2.27 bits per heavy atom. The van der Waals surface area contributed by atoms with Gasteiger partial charge >= 0.3 is 0 Å². The van der Waals surface area contributed by atoms with Crippen molar-refractivity contribution >= 4 is 44.9 Å². The van der Waals surface area contributed by atoms with Crippen LogP contribution in [0.2, 0.25) is 19.6 Å². The number of halogens is 1. The van der Waals surface area contributed by atoms with Gasteiger partial charge in [0.15, 0.2) is 0 Å². The number of hydrogen-bond donors (Lipinski definition) is 0. The summed E-state index contributed by atoms with van der Waals surface area (Å²) in [6, 6.07) is 36.3. The Morgan fingerprint density at radius 2 is 1.59 bits per heavy atom. The molecule has 0 bridgehead atoms. The van der Waals surface area contributed by atoms with Gasteiger partial charge in [-0.1, -0.05) is 73.6 Å². The zero-order valence-electron chi connectivity index (χ0n) is 27.4. The molecule has 7 heteroatoms. The Balaban J connectivity index is 0.000000217. The molecule has 0 unspecified atom stereocenters. The van der Waals surface area contributed by atoms with Crippen molar-refractivity contribution in [3.8, 4) is 33.6 Å². The molecule has 44 heavy (non-hydrogen) atoms. The maximum Gasteiger partial charge on any atom is 0.125 e. The molecular formula is C37H30FIrN3SSi-2. The molecule has 0 fully saturated rings. The maximum absolute atomic E-state index is 14.9. The average Bonchev–Trinajstić information content (AvgIpc) is 3.43. The molecule has 0 saturated heterocycles. The van der Waals surface area contributed by atoms with Crippen molar-refractivity contribution in [1.82, 2.24) is 15.0 Å². The van der Waals surface area contributed by atoms with Crippen LogP contribution in [0.3, 0.4) is 0 Å². The van der Waals surface area contributed by atoms with E-state index in [1.807, 2.05) is 66.9 Å². The topological polar surface area (TPSA) is 38.7 Å². The maximum atomic E-state index is 14.9. The van der Waals surface area contributed by atoms with Gasteiger partial charge in [-0.05, 0) is 51.2 Å². The van der Waals surface area contributed by atoms with E-state index in [-0.39, 0.29) is 31.6 Å². The second-order valence-electron chi connectivity index (χ2n) is 11.1. The van der Waals surface area contributed by atoms with Gasteiger partial charge < -0.3 is 9.97 Å². The molecule has 0 N–H and O–H groups in total. The molecule has 0 spiro atoms. The van der Waals surface area contributed by atoms with Gasteiger partial charge in [-0.15, -0.1) is 59.7 Å². The SMILES string of the molecule is C[Si](C)(C)c1ccc(-c2[c-]cccc2)nc1.[2H]C([2H])([2H])c1ccc2c(n1)sc1c(-c3cc(F)c(-c4ccccc4)cn3)[c-]ccc12.[Ir]. The second kappa shape index (κ2) is 13.4. The number of fused-ring (bicyclic) bond motifs is 3. The molecule has 7 aromatic rings. The normalized spacial score (nSPS) is 12.4. The Morgan fingerprint density at radius 1 is 0.795 bits per heavy atom. The van der Waals surface area contributed by atoms with Crippen molar-refractivity contribution in [1.29, 1.82) is 0 Å². The summed E-state index contributed by atoms with van der Waals surface area (Å²) in [4.78, 5) is 14.0. The predicted octanol–water partition coefficient (Wildman–Crippen LogP) is 9.52. The van der Waals surface area contributed by atoms with Crippen LogP contribution in [-0.2, 0) is 20.1 Å². The number of thiophene rings is 1. The van der Waals surface area contributed by atoms with E-state index in [0.717, 1.165) is 32.3 Å². The fraction of sp³-hybridized carbons (Fsp3) is 0.108. The van der Waals surface area contributed by atoms with Crippen LogP contribution in [0.15, 0.2) is 109 Å². The van der Waals surface area contributed by atoms with E-state index in [2.05, 4.69) is 58.9 Å². The van der Waals surface area contributed by atoms with Crippen molar-refractivity contribution in [3.05, 3.63) is 133 Å². The number of hydrogen-bond acceptors (Lipinski definition) is 4. The molecule has 1 radical (unpaired) electrons. The molecule has 221 valence electrons. The zero-order chi connectivity index (χ0) is 32.5. The molecule has 0 aliphatic heterocycles. The molecule has 0 aliphatic rings. The van der Waals surface area contributed by atoms with E-state index >= 15 is 0 Å². The van der Waals surface area contributed by atoms with Crippen molar-refractivity contribution in [2.75, 3.05) is 0 Å². The molecule has 0 amide bonds. The van der Waals surface area contributed by atoms with Crippen LogP contribution in [0.5, 0.6) is 0 Å². The van der Waals surface area contributed by atoms with Crippen LogP contribution in [0, 0.1) is 24.8 Å². The number of aromatic nitrogens is 3. The standard InChI is InChI=1S/C23H14FN2S.C14H16NSi.Ir/c1-14-10-11-17-16-8-5-9-18(22(16)27-23(17)26-14)21-12-20(24)19(13-25-21)15-6-3-2-4-7-15;1-16(2,3)13-9-10-14(15-11-13)12-7-5-4-6-8-12;/h2-8,10-13H,1H3;4-7,9-11H,1-3H3;/q2*-1;/i1D3;;. The summed E-state index contributed by atoms with van der Waals surface area (Å²) in [5.74, 6) is -0.361. The summed E-state index contributed by atoms with van der Waals surface area (Å²) in [5.41, 5.74) is 4.46. The van der Waals surface area contributed by atoms with Crippen molar-refractivity contribution in [2.45, 2.75) is 26.5 Å². The molecule has 0 aliphatic carbocycles. The van der Waals surface area contributed by atoms with Gasteiger partial charge in [-0.3, -0.25) is 0 Å². The first kappa shape index (κ1) is 27.7. The molecule has 0 atom stereocenters. The van der Waals surface area contributed by atoms with Gasteiger partial charge in [-0.25, -0.2) is 9.37 Å². The van der Waals surface area contributed by atoms with Crippen LogP contribution >= 0.6 is 11.3 Å². The van der Waals surface area contributed by atoms with Crippen molar-refractivity contribution in [3.63, 3.8) is 0 Å². The third kappa shape index (κ3) is 6.77. The predicted molar refractivity (Wildman–Crippen MR) is 181 cm³/mol. The summed E-state index contributed by atoms with van der Waals surface area (Å²) in [7, 11) is -1.23. The molecule has 3 aromatic carbocycles. The van der Waals surface area contributed by atoms with E-state index in [1.165, 1.54) is 34.9 Å². The van der Waals surface area contributed by atoms with Crippen LogP contribution in [0.1, 0.15) is 9.81 Å². The van der Waals surface area contributed by atoms with E-state index in [1.54, 1.807) is 12.1 Å². The van der Waals surface area contributed by atoms with E-state index in [0.29, 0.717) is 21.7 Å². The smallest absolute Gasteiger partial charge is 0.125 e. The number of rotatable bonds is 4. The third-order valence-corrected chi connectivity index (χ3v) is 10.3. The Labute approximate surface area is 280 Å². The first-order valence-corrected chi connectivity index (χ1v) is 18.2. The van der Waals surface area contributed by atoms with Gasteiger partial charge in [0, 0.05) is 47.9 Å². The fourth-order valence-electron chi connectivity index (χ4n) is 4.76. The van der Waals surface area contributed by atoms with Gasteiger partial charge in [0.1, 0.15) is 10.6 Å². The van der Waals surface area contributed by atoms with Gasteiger partial charge in [0.05, 0.1) is 8.07 Å². The van der Waals surface area contributed by atoms with Gasteiger partial charge in [-0.2, -0.15) is 11.3 Å². The first-order valence-electron chi connectivity index (χ1n) is 15.4. The third-order valence-electron chi connectivity index (χ3n) is 7.11. The van der Waals surface area contributed by atoms with E-state index in [9.17, 15) is 4.39 Å². The largest absolute Gasteiger partial charge is 0.305 e. The number of pyridine rings is 3. The Bertz CT molecular complexity index is 2130. The quantitative estimate of drug-likeness (QED) is 0.132. The van der Waals surface area contributed by atoms with E-state index < -0.39 is 14.9 Å². The molecule has 4 heterocycles. The van der Waals surface area contributed by atoms with E-state index in [4.69, 9.17) is 4.11 Å². The molecule has 3 nitrogen and oxygen atoms in total. The summed E-state index contributed by atoms with van der Waals surface area (Å²) >= 11 is 1.37. The number of benzene rings is 3. The zero-order valence-corrected chi connectivity index (χ0v) is 28.6. The monoisotopic (exact) mass is 791 g/mol. The minimum Gasteiger partial charge on any atom is -0.305 e. The van der Waals surface area contributed by atoms with Crippen molar-refractivity contribution < 1.29 is 28.6 Å². The van der Waals surface area contributed by atoms with Crippen LogP contribution < -0.4 is 5.19 Å². The average molecular weight is 791 g/mol. The van der Waals surface area contributed by atoms with Gasteiger partial charge in [0.25, 0.3) is 0 Å². The number of aryl methyl sites for hydroxylation is 1. The second-order valence-corrected chi connectivity index (χ2v) is 17.2. The first-order chi connectivity index (χ1) is 22.0. The summed E-state index contributed by atoms with van der Waals surface area (Å²) < 4.78 is 38.5. The summed E-state index contributed by atoms with van der Waals surface area (Å²) in [6.07, 6.45) is 3.55. The molecule has 4 aromatic heterocycles. The summed E-state index contributed by atoms with van der Waals surface area (Å²) in [5, 5.41) is 3.18. The van der Waals surface area contributed by atoms with Crippen LogP contribution in [0.25, 0.3) is 53.9 Å². The summed E-state index contributed by atoms with van der Waals surface area (Å²) in [6.45, 7) is 4.73. The molecular weight excluding hydrogens is 758 g/mol. The minimum atomic E-state index is -2.27. The van der Waals surface area contributed by atoms with Crippen LogP contribution in [0.4, 0.5) is 4.39 Å². The number of nitrogens with zero attached hydrogens (tertiary/aromatic N) is 3. The Hall–Kier alpha value is -3.87. The van der Waals surface area contributed by atoms with Crippen molar-refractivity contribution in [2.24, 2.45) is 0 Å². The Kier molecular flexibility index (Phi) is 8.43. The molecule has 7 rings (SSSR count). The fourth-order valence-corrected chi connectivity index (χ4v) is 6.97. The van der Waals surface area contributed by atoms with Crippen LogP contribution in [-0.4, -0.2) is 23.0 Å². The minimum absolute atomic E-state index is 0.